The van der Waals surface area contributed by atoms with Crippen LogP contribution in [0.25, 0.3) is 5.69 Å². The predicted octanol–water partition coefficient (Wildman–Crippen LogP) is 2.06. The molecule has 6 nitrogen and oxygen atoms in total. The van der Waals surface area contributed by atoms with Gasteiger partial charge < -0.3 is 10.4 Å². The highest BCUT2D eigenvalue weighted by molar-refractivity contribution is 6.30. The summed E-state index contributed by atoms with van der Waals surface area (Å²) in [6.07, 6.45) is 1.92. The smallest absolute Gasteiger partial charge is 0.273 e. The molecule has 0 saturated heterocycles. The van der Waals surface area contributed by atoms with Crippen molar-refractivity contribution >= 4 is 17.5 Å². The van der Waals surface area contributed by atoms with Gasteiger partial charge in [-0.05, 0) is 30.5 Å². The maximum atomic E-state index is 12.2. The van der Waals surface area contributed by atoms with Crippen molar-refractivity contribution in [2.75, 3.05) is 6.61 Å². The summed E-state index contributed by atoms with van der Waals surface area (Å²) < 4.78 is 0. The molecule has 2 rings (SSSR count). The Morgan fingerprint density at radius 2 is 2.23 bits per heavy atom. The summed E-state index contributed by atoms with van der Waals surface area (Å²) in [7, 11) is 0. The van der Waals surface area contributed by atoms with Crippen molar-refractivity contribution in [2.24, 2.45) is 5.92 Å². The van der Waals surface area contributed by atoms with Crippen molar-refractivity contribution < 1.29 is 9.90 Å². The van der Waals surface area contributed by atoms with Crippen LogP contribution in [0.2, 0.25) is 5.02 Å². The summed E-state index contributed by atoms with van der Waals surface area (Å²) in [6, 6.07) is 6.96. The summed E-state index contributed by atoms with van der Waals surface area (Å²) >= 11 is 5.93. The minimum Gasteiger partial charge on any atom is -0.396 e. The Bertz CT molecular complexity index is 642. The van der Waals surface area contributed by atoms with Crippen molar-refractivity contribution in [1.29, 1.82) is 0 Å². The van der Waals surface area contributed by atoms with Crippen LogP contribution < -0.4 is 5.32 Å². The molecule has 0 bridgehead atoms. The number of hydrogen-bond acceptors (Lipinski definition) is 4. The topological polar surface area (TPSA) is 80.0 Å². The van der Waals surface area contributed by atoms with E-state index in [9.17, 15) is 4.79 Å². The number of carbonyl (C=O) groups excluding carboxylic acids is 1. The van der Waals surface area contributed by atoms with Gasteiger partial charge in [0.2, 0.25) is 0 Å². The number of rotatable bonds is 6. The molecule has 0 spiro atoms. The van der Waals surface area contributed by atoms with E-state index >= 15 is 0 Å². The molecule has 22 heavy (non-hydrogen) atoms. The SMILES string of the molecule is CC(C)C(CCO)NC(=O)c1cnn(-c2cccc(Cl)c2)n1. The Labute approximate surface area is 134 Å². The van der Waals surface area contributed by atoms with Gasteiger partial charge in [-0.2, -0.15) is 9.90 Å². The van der Waals surface area contributed by atoms with Crippen LogP contribution in [0.15, 0.2) is 30.5 Å². The van der Waals surface area contributed by atoms with Crippen molar-refractivity contribution in [3.05, 3.63) is 41.2 Å². The molecule has 0 radical (unpaired) electrons. The van der Waals surface area contributed by atoms with E-state index in [-0.39, 0.29) is 30.2 Å². The third-order valence-electron chi connectivity index (χ3n) is 3.32. The van der Waals surface area contributed by atoms with Gasteiger partial charge in [0.25, 0.3) is 5.91 Å². The van der Waals surface area contributed by atoms with Gasteiger partial charge in [-0.3, -0.25) is 4.79 Å². The van der Waals surface area contributed by atoms with Crippen LogP contribution in [0.3, 0.4) is 0 Å². The van der Waals surface area contributed by atoms with Crippen molar-refractivity contribution in [3.63, 3.8) is 0 Å². The lowest BCUT2D eigenvalue weighted by Gasteiger charge is -2.20. The zero-order chi connectivity index (χ0) is 16.1. The van der Waals surface area contributed by atoms with Gasteiger partial charge in [-0.25, -0.2) is 0 Å². The van der Waals surface area contributed by atoms with Crippen molar-refractivity contribution in [1.82, 2.24) is 20.3 Å². The fourth-order valence-corrected chi connectivity index (χ4v) is 2.23. The average molecular weight is 323 g/mol. The molecular formula is C15H19ClN4O2. The fraction of sp³-hybridized carbons (Fsp3) is 0.400. The molecule has 0 aliphatic heterocycles. The number of benzene rings is 1. The average Bonchev–Trinajstić information content (AvgIpc) is 2.96. The number of hydrogen-bond donors (Lipinski definition) is 2. The Hall–Kier alpha value is -1.92. The van der Waals surface area contributed by atoms with Gasteiger partial charge in [0.15, 0.2) is 5.69 Å². The van der Waals surface area contributed by atoms with Gasteiger partial charge in [0.1, 0.15) is 0 Å². The van der Waals surface area contributed by atoms with Gasteiger partial charge >= 0.3 is 0 Å². The maximum Gasteiger partial charge on any atom is 0.273 e. The minimum atomic E-state index is -0.305. The van der Waals surface area contributed by atoms with E-state index in [4.69, 9.17) is 16.7 Å². The number of amides is 1. The molecule has 0 fully saturated rings. The zero-order valence-electron chi connectivity index (χ0n) is 12.5. The van der Waals surface area contributed by atoms with E-state index in [1.54, 1.807) is 24.3 Å². The van der Waals surface area contributed by atoms with Crippen LogP contribution in [-0.4, -0.2) is 38.7 Å². The van der Waals surface area contributed by atoms with Crippen LogP contribution in [-0.2, 0) is 0 Å². The molecule has 1 aromatic carbocycles. The first-order valence-corrected chi connectivity index (χ1v) is 7.49. The third kappa shape index (κ3) is 4.05. The van der Waals surface area contributed by atoms with Gasteiger partial charge in [-0.1, -0.05) is 31.5 Å². The minimum absolute atomic E-state index is 0.0261. The molecule has 1 heterocycles. The molecule has 2 N–H and O–H groups in total. The maximum absolute atomic E-state index is 12.2. The van der Waals surface area contributed by atoms with Crippen LogP contribution in [0.1, 0.15) is 30.8 Å². The Morgan fingerprint density at radius 1 is 1.45 bits per heavy atom. The van der Waals surface area contributed by atoms with Crippen LogP contribution in [0.5, 0.6) is 0 Å². The van der Waals surface area contributed by atoms with Gasteiger partial charge in [0.05, 0.1) is 11.9 Å². The second kappa shape index (κ2) is 7.38. The highest BCUT2D eigenvalue weighted by Gasteiger charge is 2.19. The summed E-state index contributed by atoms with van der Waals surface area (Å²) in [5.41, 5.74) is 0.908. The lowest BCUT2D eigenvalue weighted by atomic mass is 10.0. The highest BCUT2D eigenvalue weighted by Crippen LogP contribution is 2.13. The molecule has 0 aliphatic carbocycles. The molecule has 1 aromatic heterocycles. The number of aromatic nitrogens is 3. The number of aliphatic hydroxyl groups is 1. The monoisotopic (exact) mass is 322 g/mol. The molecule has 1 unspecified atom stereocenters. The molecule has 7 heteroatoms. The molecule has 0 aliphatic rings. The number of halogens is 1. The predicted molar refractivity (Wildman–Crippen MR) is 84.2 cm³/mol. The van der Waals surface area contributed by atoms with Crippen molar-refractivity contribution in [3.8, 4) is 5.69 Å². The molecule has 2 aromatic rings. The first-order chi connectivity index (χ1) is 10.5. The molecule has 1 atom stereocenters. The van der Waals surface area contributed by atoms with E-state index in [2.05, 4.69) is 15.5 Å². The second-order valence-electron chi connectivity index (χ2n) is 5.34. The van der Waals surface area contributed by atoms with E-state index in [0.29, 0.717) is 17.1 Å². The normalized spacial score (nSPS) is 12.4. The highest BCUT2D eigenvalue weighted by atomic mass is 35.5. The van der Waals surface area contributed by atoms with E-state index in [1.807, 2.05) is 13.8 Å². The number of nitrogens with zero attached hydrogens (tertiary/aromatic N) is 3. The first kappa shape index (κ1) is 16.5. The van der Waals surface area contributed by atoms with Gasteiger partial charge in [0, 0.05) is 17.7 Å². The Morgan fingerprint density at radius 3 is 2.86 bits per heavy atom. The van der Waals surface area contributed by atoms with E-state index < -0.39 is 0 Å². The number of aliphatic hydroxyl groups excluding tert-OH is 1. The Kier molecular flexibility index (Phi) is 5.51. The second-order valence-corrected chi connectivity index (χ2v) is 5.77. The standard InChI is InChI=1S/C15H19ClN4O2/c1-10(2)13(6-7-21)18-15(22)14-9-17-20(19-14)12-5-3-4-11(16)8-12/h3-5,8-10,13,21H,6-7H2,1-2H3,(H,18,22). The van der Waals surface area contributed by atoms with Crippen LogP contribution >= 0.6 is 11.6 Å². The lowest BCUT2D eigenvalue weighted by Crippen LogP contribution is -2.39. The molecule has 0 saturated carbocycles. The lowest BCUT2D eigenvalue weighted by molar-refractivity contribution is 0.0911. The summed E-state index contributed by atoms with van der Waals surface area (Å²) in [6.45, 7) is 4.01. The number of nitrogens with one attached hydrogen (secondary N) is 1. The summed E-state index contributed by atoms with van der Waals surface area (Å²) in [5.74, 6) is -0.0838. The third-order valence-corrected chi connectivity index (χ3v) is 3.56. The van der Waals surface area contributed by atoms with Crippen molar-refractivity contribution in [2.45, 2.75) is 26.3 Å². The zero-order valence-corrected chi connectivity index (χ0v) is 13.3. The first-order valence-electron chi connectivity index (χ1n) is 7.11. The largest absolute Gasteiger partial charge is 0.396 e. The molecule has 118 valence electrons. The van der Waals surface area contributed by atoms with Crippen LogP contribution in [0.4, 0.5) is 0 Å². The summed E-state index contributed by atoms with van der Waals surface area (Å²) in [5, 5.41) is 20.7. The number of carbonyl (C=O) groups is 1. The fourth-order valence-electron chi connectivity index (χ4n) is 2.05. The quantitative estimate of drug-likeness (QED) is 0.853. The Balaban J connectivity index is 2.12. The van der Waals surface area contributed by atoms with E-state index in [0.717, 1.165) is 0 Å². The van der Waals surface area contributed by atoms with E-state index in [1.165, 1.54) is 11.0 Å². The molecular weight excluding hydrogens is 304 g/mol. The molecule has 1 amide bonds. The van der Waals surface area contributed by atoms with Crippen LogP contribution in [0, 0.1) is 5.92 Å². The van der Waals surface area contributed by atoms with Gasteiger partial charge in [-0.15, -0.1) is 5.10 Å². The summed E-state index contributed by atoms with van der Waals surface area (Å²) in [4.78, 5) is 13.6.